The lowest BCUT2D eigenvalue weighted by molar-refractivity contribution is 0.414. The summed E-state index contributed by atoms with van der Waals surface area (Å²) in [6.45, 7) is 0. The van der Waals surface area contributed by atoms with E-state index in [1.165, 1.54) is 0 Å². The third kappa shape index (κ3) is 2.21. The molecule has 0 saturated carbocycles. The van der Waals surface area contributed by atoms with Gasteiger partial charge in [0.25, 0.3) is 0 Å². The lowest BCUT2D eigenvalue weighted by Crippen LogP contribution is -2.14. The van der Waals surface area contributed by atoms with E-state index in [9.17, 15) is 0 Å². The summed E-state index contributed by atoms with van der Waals surface area (Å²) >= 11 is 3.36. The van der Waals surface area contributed by atoms with E-state index in [2.05, 4.69) is 20.9 Å². The summed E-state index contributed by atoms with van der Waals surface area (Å²) in [6, 6.07) is 5.61. The van der Waals surface area contributed by atoms with Crippen molar-refractivity contribution in [1.82, 2.24) is 0 Å². The third-order valence-corrected chi connectivity index (χ3v) is 2.17. The first-order chi connectivity index (χ1) is 6.19. The number of aliphatic imine (C=N–C) groups is 1. The van der Waals surface area contributed by atoms with Gasteiger partial charge in [-0.2, -0.15) is 0 Å². The fourth-order valence-corrected chi connectivity index (χ4v) is 1.36. The minimum atomic E-state index is 0.471. The van der Waals surface area contributed by atoms with E-state index >= 15 is 0 Å². The number of amidine groups is 1. The van der Waals surface area contributed by atoms with E-state index in [0.29, 0.717) is 5.84 Å². The molecule has 0 spiro atoms. The Morgan fingerprint density at radius 3 is 2.77 bits per heavy atom. The van der Waals surface area contributed by atoms with Gasteiger partial charge in [0, 0.05) is 11.5 Å². The van der Waals surface area contributed by atoms with Crippen molar-refractivity contribution in [2.45, 2.75) is 0 Å². The van der Waals surface area contributed by atoms with Crippen LogP contribution in [0.15, 0.2) is 27.7 Å². The van der Waals surface area contributed by atoms with Crippen LogP contribution in [0.1, 0.15) is 5.56 Å². The Morgan fingerprint density at radius 2 is 2.23 bits per heavy atom. The highest BCUT2D eigenvalue weighted by atomic mass is 79.9. The Labute approximate surface area is 85.7 Å². The fourth-order valence-electron chi connectivity index (χ4n) is 1.00. The largest absolute Gasteiger partial charge is 0.496 e. The maximum absolute atomic E-state index is 5.69. The minimum Gasteiger partial charge on any atom is -0.496 e. The molecule has 4 heteroatoms. The van der Waals surface area contributed by atoms with Crippen molar-refractivity contribution >= 4 is 21.8 Å². The predicted molar refractivity (Wildman–Crippen MR) is 57.3 cm³/mol. The molecule has 1 aromatic rings. The average Bonchev–Trinajstić information content (AvgIpc) is 2.16. The molecule has 0 unspecified atom stereocenters. The Morgan fingerprint density at radius 1 is 1.54 bits per heavy atom. The van der Waals surface area contributed by atoms with Crippen LogP contribution in [0, 0.1) is 0 Å². The Kier molecular flexibility index (Phi) is 3.31. The molecule has 13 heavy (non-hydrogen) atoms. The molecule has 1 aromatic carbocycles. The predicted octanol–water partition coefficient (Wildman–Crippen LogP) is 1.79. The molecule has 0 fully saturated rings. The van der Waals surface area contributed by atoms with Gasteiger partial charge in [-0.1, -0.05) is 15.9 Å². The van der Waals surface area contributed by atoms with Crippen LogP contribution in [0.5, 0.6) is 5.75 Å². The highest BCUT2D eigenvalue weighted by molar-refractivity contribution is 9.10. The zero-order valence-electron chi connectivity index (χ0n) is 7.54. The molecule has 2 N–H and O–H groups in total. The van der Waals surface area contributed by atoms with Gasteiger partial charge in [-0.3, -0.25) is 4.99 Å². The molecule has 0 atom stereocenters. The number of benzene rings is 1. The van der Waals surface area contributed by atoms with Crippen LogP contribution in [0.2, 0.25) is 0 Å². The molecular weight excluding hydrogens is 232 g/mol. The van der Waals surface area contributed by atoms with Gasteiger partial charge in [-0.05, 0) is 18.2 Å². The van der Waals surface area contributed by atoms with E-state index < -0.39 is 0 Å². The van der Waals surface area contributed by atoms with Crippen molar-refractivity contribution in [3.05, 3.63) is 28.2 Å². The van der Waals surface area contributed by atoms with Crippen LogP contribution in [-0.4, -0.2) is 20.0 Å². The van der Waals surface area contributed by atoms with E-state index in [-0.39, 0.29) is 0 Å². The van der Waals surface area contributed by atoms with Gasteiger partial charge in [0.1, 0.15) is 11.6 Å². The average molecular weight is 243 g/mol. The van der Waals surface area contributed by atoms with Crippen LogP contribution < -0.4 is 10.5 Å². The fraction of sp³-hybridized carbons (Fsp3) is 0.222. The first kappa shape index (κ1) is 10.1. The Balaban J connectivity index is 3.23. The van der Waals surface area contributed by atoms with Gasteiger partial charge in [-0.25, -0.2) is 0 Å². The van der Waals surface area contributed by atoms with Crippen LogP contribution in [0.4, 0.5) is 0 Å². The smallest absolute Gasteiger partial charge is 0.129 e. The standard InChI is InChI=1S/C9H11BrN2O/c1-12-9(11)7-5-6(10)3-4-8(7)13-2/h3-5H,1-2H3,(H2,11,12). The number of nitrogens with zero attached hydrogens (tertiary/aromatic N) is 1. The van der Waals surface area contributed by atoms with E-state index in [0.717, 1.165) is 15.8 Å². The number of nitrogens with two attached hydrogens (primary N) is 1. The monoisotopic (exact) mass is 242 g/mol. The van der Waals surface area contributed by atoms with Crippen LogP contribution >= 0.6 is 15.9 Å². The topological polar surface area (TPSA) is 47.6 Å². The van der Waals surface area contributed by atoms with Gasteiger partial charge in [0.2, 0.25) is 0 Å². The molecule has 1 rings (SSSR count). The van der Waals surface area contributed by atoms with Gasteiger partial charge in [0.15, 0.2) is 0 Å². The van der Waals surface area contributed by atoms with Gasteiger partial charge < -0.3 is 10.5 Å². The molecule has 0 aromatic heterocycles. The zero-order chi connectivity index (χ0) is 9.84. The van der Waals surface area contributed by atoms with Crippen LogP contribution in [0.3, 0.4) is 0 Å². The SMILES string of the molecule is CN=C(N)c1cc(Br)ccc1OC. The van der Waals surface area contributed by atoms with Crippen molar-refractivity contribution in [1.29, 1.82) is 0 Å². The van der Waals surface area contributed by atoms with Gasteiger partial charge >= 0.3 is 0 Å². The zero-order valence-corrected chi connectivity index (χ0v) is 9.13. The maximum atomic E-state index is 5.69. The number of hydrogen-bond acceptors (Lipinski definition) is 2. The summed E-state index contributed by atoms with van der Waals surface area (Å²) in [5.74, 6) is 1.20. The molecule has 0 heterocycles. The normalized spacial score (nSPS) is 11.5. The summed E-state index contributed by atoms with van der Waals surface area (Å²) in [4.78, 5) is 3.90. The van der Waals surface area contributed by atoms with Crippen LogP contribution in [0.25, 0.3) is 0 Å². The van der Waals surface area contributed by atoms with E-state index in [4.69, 9.17) is 10.5 Å². The second kappa shape index (κ2) is 4.28. The summed E-state index contributed by atoms with van der Waals surface area (Å²) in [7, 11) is 3.26. The number of ether oxygens (including phenoxy) is 1. The van der Waals surface area contributed by atoms with Crippen LogP contribution in [-0.2, 0) is 0 Å². The quantitative estimate of drug-likeness (QED) is 0.635. The number of hydrogen-bond donors (Lipinski definition) is 1. The highest BCUT2D eigenvalue weighted by Gasteiger charge is 2.06. The lowest BCUT2D eigenvalue weighted by Gasteiger charge is -2.07. The Hall–Kier alpha value is -1.03. The van der Waals surface area contributed by atoms with E-state index in [1.807, 2.05) is 18.2 Å². The molecule has 3 nitrogen and oxygen atoms in total. The summed E-state index contributed by atoms with van der Waals surface area (Å²) in [5, 5.41) is 0. The number of halogens is 1. The highest BCUT2D eigenvalue weighted by Crippen LogP contribution is 2.22. The molecule has 0 saturated heterocycles. The lowest BCUT2D eigenvalue weighted by atomic mass is 10.2. The second-order valence-electron chi connectivity index (χ2n) is 2.45. The molecule has 0 aliphatic rings. The van der Waals surface area contributed by atoms with Crippen molar-refractivity contribution < 1.29 is 4.74 Å². The number of methoxy groups -OCH3 is 1. The molecule has 0 bridgehead atoms. The summed E-state index contributed by atoms with van der Waals surface area (Å²) < 4.78 is 6.10. The summed E-state index contributed by atoms with van der Waals surface area (Å²) in [5.41, 5.74) is 6.49. The maximum Gasteiger partial charge on any atom is 0.129 e. The van der Waals surface area contributed by atoms with Gasteiger partial charge in [0.05, 0.1) is 12.7 Å². The van der Waals surface area contributed by atoms with Crippen molar-refractivity contribution in [3.63, 3.8) is 0 Å². The van der Waals surface area contributed by atoms with Crippen molar-refractivity contribution in [2.24, 2.45) is 10.7 Å². The van der Waals surface area contributed by atoms with E-state index in [1.54, 1.807) is 14.2 Å². The molecule has 0 aliphatic carbocycles. The summed E-state index contributed by atoms with van der Waals surface area (Å²) in [6.07, 6.45) is 0. The molecule has 0 amide bonds. The molecule has 0 aliphatic heterocycles. The van der Waals surface area contributed by atoms with Crippen molar-refractivity contribution in [3.8, 4) is 5.75 Å². The molecular formula is C9H11BrN2O. The second-order valence-corrected chi connectivity index (χ2v) is 3.37. The molecule has 70 valence electrons. The third-order valence-electron chi connectivity index (χ3n) is 1.68. The first-order valence-corrected chi connectivity index (χ1v) is 4.54. The minimum absolute atomic E-state index is 0.471. The Bertz CT molecular complexity index is 336. The first-order valence-electron chi connectivity index (χ1n) is 3.75. The van der Waals surface area contributed by atoms with Gasteiger partial charge in [-0.15, -0.1) is 0 Å². The molecule has 0 radical (unpaired) electrons. The number of rotatable bonds is 2. The van der Waals surface area contributed by atoms with Crippen molar-refractivity contribution in [2.75, 3.05) is 14.2 Å².